The molecule has 4 nitrogen and oxygen atoms in total. The molecule has 0 saturated heterocycles. The van der Waals surface area contributed by atoms with Gasteiger partial charge in [0.2, 0.25) is 0 Å². The van der Waals surface area contributed by atoms with Gasteiger partial charge in [-0.3, -0.25) is 0 Å². The van der Waals surface area contributed by atoms with E-state index in [1.165, 1.54) is 141 Å². The normalized spacial score (nSPS) is 12.2. The van der Waals surface area contributed by atoms with Crippen LogP contribution in [0.4, 0.5) is 0 Å². The van der Waals surface area contributed by atoms with Crippen molar-refractivity contribution in [3.8, 4) is 0 Å². The van der Waals surface area contributed by atoms with E-state index < -0.39 is 5.97 Å². The zero-order chi connectivity index (χ0) is 28.9. The minimum absolute atomic E-state index is 0. The molecular formula is C35H74BrNO3. The van der Waals surface area contributed by atoms with Gasteiger partial charge in [-0.1, -0.05) is 162 Å². The third kappa shape index (κ3) is 29.8. The number of likely N-dealkylation sites (N-methyl/N-ethyl adjacent to an activating group) is 1. The van der Waals surface area contributed by atoms with E-state index in [1.54, 1.807) is 0 Å². The van der Waals surface area contributed by atoms with Crippen LogP contribution in [0.25, 0.3) is 0 Å². The average molecular weight is 637 g/mol. The van der Waals surface area contributed by atoms with E-state index in [1.807, 2.05) is 0 Å². The first kappa shape index (κ1) is 42.5. The Morgan fingerprint density at radius 3 is 1.00 bits per heavy atom. The summed E-state index contributed by atoms with van der Waals surface area (Å²) < 4.78 is 12.8. The maximum Gasteiger partial charge on any atom is 0.333 e. The molecule has 1 N–H and O–H groups in total. The van der Waals surface area contributed by atoms with Gasteiger partial charge in [0.25, 0.3) is 0 Å². The van der Waals surface area contributed by atoms with Crippen molar-refractivity contribution in [2.75, 3.05) is 40.4 Å². The van der Waals surface area contributed by atoms with E-state index in [4.69, 9.17) is 9.47 Å². The smallest absolute Gasteiger partial charge is 0.333 e. The van der Waals surface area contributed by atoms with Gasteiger partial charge in [-0.15, -0.1) is 0 Å². The molecule has 0 fully saturated rings. The number of aliphatic hydroxyl groups is 1. The molecule has 0 spiro atoms. The molecule has 0 aliphatic carbocycles. The van der Waals surface area contributed by atoms with E-state index in [0.29, 0.717) is 24.2 Å². The summed E-state index contributed by atoms with van der Waals surface area (Å²) >= 11 is 0. The lowest BCUT2D eigenvalue weighted by atomic mass is 10.1. The first-order valence-electron chi connectivity index (χ1n) is 17.7. The van der Waals surface area contributed by atoms with Crippen molar-refractivity contribution in [1.82, 2.24) is 0 Å². The quantitative estimate of drug-likeness (QED) is 0.0471. The molecule has 0 amide bonds. The highest BCUT2D eigenvalue weighted by atomic mass is 79.9. The fraction of sp³-hybridized carbons (Fsp3) is 1.00. The predicted octanol–water partition coefficient (Wildman–Crippen LogP) is 7.56. The monoisotopic (exact) mass is 635 g/mol. The van der Waals surface area contributed by atoms with Crippen LogP contribution in [0.15, 0.2) is 0 Å². The van der Waals surface area contributed by atoms with Crippen LogP contribution in [0.2, 0.25) is 0 Å². The summed E-state index contributed by atoms with van der Waals surface area (Å²) in [6, 6.07) is 0. The molecule has 0 unspecified atom stereocenters. The van der Waals surface area contributed by atoms with Gasteiger partial charge in [0.1, 0.15) is 0 Å². The van der Waals surface area contributed by atoms with Crippen molar-refractivity contribution in [3.05, 3.63) is 0 Å². The van der Waals surface area contributed by atoms with Crippen molar-refractivity contribution in [2.24, 2.45) is 0 Å². The molecule has 0 aliphatic rings. The molecular weight excluding hydrogens is 562 g/mol. The zero-order valence-electron chi connectivity index (χ0n) is 28.1. The molecule has 0 radical (unpaired) electrons. The van der Waals surface area contributed by atoms with Crippen LogP contribution in [-0.4, -0.2) is 56.0 Å². The molecule has 0 aromatic rings. The molecule has 40 heavy (non-hydrogen) atoms. The second kappa shape index (κ2) is 30.8. The van der Waals surface area contributed by atoms with Gasteiger partial charge in [0.15, 0.2) is 6.54 Å². The van der Waals surface area contributed by atoms with Gasteiger partial charge in [0.05, 0.1) is 33.9 Å². The molecule has 0 aliphatic heterocycles. The topological polar surface area (TPSA) is 38.7 Å². The maximum absolute atomic E-state index is 11.3. The Hall–Kier alpha value is 0.320. The van der Waals surface area contributed by atoms with Gasteiger partial charge in [-0.2, -0.15) is 0 Å². The Bertz CT molecular complexity index is 459. The summed E-state index contributed by atoms with van der Waals surface area (Å²) in [4.78, 5) is 0. The first-order chi connectivity index (χ1) is 18.9. The van der Waals surface area contributed by atoms with Crippen molar-refractivity contribution in [3.63, 3.8) is 0 Å². The van der Waals surface area contributed by atoms with Crippen LogP contribution in [0.5, 0.6) is 0 Å². The fourth-order valence-corrected chi connectivity index (χ4v) is 5.71. The number of ether oxygens (including phenoxy) is 2. The highest BCUT2D eigenvalue weighted by Gasteiger charge is 2.37. The van der Waals surface area contributed by atoms with Gasteiger partial charge < -0.3 is 36.0 Å². The predicted molar refractivity (Wildman–Crippen MR) is 171 cm³/mol. The average Bonchev–Trinajstić information content (AvgIpc) is 2.89. The second-order valence-electron chi connectivity index (χ2n) is 13.0. The number of hydrogen-bond acceptors (Lipinski definition) is 3. The fourth-order valence-electron chi connectivity index (χ4n) is 5.71. The first-order valence-corrected chi connectivity index (χ1v) is 17.7. The number of quaternary nitrogens is 1. The Labute approximate surface area is 263 Å². The van der Waals surface area contributed by atoms with Crippen LogP contribution in [-0.2, 0) is 9.47 Å². The van der Waals surface area contributed by atoms with E-state index >= 15 is 0 Å². The van der Waals surface area contributed by atoms with Crippen molar-refractivity contribution < 1.29 is 36.0 Å². The third-order valence-corrected chi connectivity index (χ3v) is 8.11. The molecule has 0 atom stereocenters. The summed E-state index contributed by atoms with van der Waals surface area (Å²) in [7, 11) is 4.32. The molecule has 0 aromatic heterocycles. The highest BCUT2D eigenvalue weighted by Crippen LogP contribution is 2.19. The molecule has 5 heteroatoms. The number of rotatable bonds is 32. The largest absolute Gasteiger partial charge is 1.00 e. The Morgan fingerprint density at radius 1 is 0.450 bits per heavy atom. The number of nitrogens with zero attached hydrogens (tertiary/aromatic N) is 1. The molecule has 0 rings (SSSR count). The van der Waals surface area contributed by atoms with Crippen molar-refractivity contribution >= 4 is 0 Å². The van der Waals surface area contributed by atoms with Gasteiger partial charge in [-0.25, -0.2) is 0 Å². The zero-order valence-corrected chi connectivity index (χ0v) is 29.7. The van der Waals surface area contributed by atoms with E-state index in [9.17, 15) is 5.11 Å². The molecule has 0 saturated carbocycles. The van der Waals surface area contributed by atoms with E-state index in [2.05, 4.69) is 34.9 Å². The van der Waals surface area contributed by atoms with E-state index in [-0.39, 0.29) is 17.0 Å². The number of hydrogen-bond donors (Lipinski definition) is 1. The standard InChI is InChI=1S/C35H74NO3.BrH/c1-6-9-11-13-15-17-19-21-23-25-27-29-32-38-35(37,34-36(4,5)31-8-3)39-33-30-28-26-24-22-20-18-16-14-12-10-7-2;/h37H,6-34H2,1-5H3;1H/q+1;/p-1. The lowest BCUT2D eigenvalue weighted by Crippen LogP contribution is -3.00. The summed E-state index contributed by atoms with van der Waals surface area (Å²) in [6.07, 6.45) is 32.9. The summed E-state index contributed by atoms with van der Waals surface area (Å²) in [5.74, 6) is -1.46. The molecule has 244 valence electrons. The van der Waals surface area contributed by atoms with Crippen LogP contribution in [0.1, 0.15) is 181 Å². The molecule has 0 heterocycles. The van der Waals surface area contributed by atoms with E-state index in [0.717, 1.165) is 25.8 Å². The lowest BCUT2D eigenvalue weighted by molar-refractivity contribution is -0.905. The van der Waals surface area contributed by atoms with Gasteiger partial charge in [0, 0.05) is 0 Å². The molecule has 0 aromatic carbocycles. The molecule has 0 bridgehead atoms. The maximum atomic E-state index is 11.3. The van der Waals surface area contributed by atoms with Crippen LogP contribution < -0.4 is 17.0 Å². The third-order valence-electron chi connectivity index (χ3n) is 8.11. The second-order valence-corrected chi connectivity index (χ2v) is 13.0. The van der Waals surface area contributed by atoms with Crippen LogP contribution in [0, 0.1) is 0 Å². The van der Waals surface area contributed by atoms with Crippen LogP contribution in [0.3, 0.4) is 0 Å². The SMILES string of the molecule is CCCCCCCCCCCCCCOC(O)(C[N+](C)(C)CCC)OCCCCCCCCCCCCCC.[Br-]. The Kier molecular flexibility index (Phi) is 32.7. The summed E-state index contributed by atoms with van der Waals surface area (Å²) in [5, 5.41) is 11.3. The van der Waals surface area contributed by atoms with Crippen molar-refractivity contribution in [2.45, 2.75) is 187 Å². The summed E-state index contributed by atoms with van der Waals surface area (Å²) in [5.41, 5.74) is 0. The number of unbranched alkanes of at least 4 members (excludes halogenated alkanes) is 22. The van der Waals surface area contributed by atoms with Gasteiger partial charge in [-0.05, 0) is 19.3 Å². The van der Waals surface area contributed by atoms with Crippen LogP contribution >= 0.6 is 0 Å². The summed E-state index contributed by atoms with van der Waals surface area (Å²) in [6.45, 7) is 9.41. The number of halogens is 1. The Morgan fingerprint density at radius 2 is 0.725 bits per heavy atom. The highest BCUT2D eigenvalue weighted by molar-refractivity contribution is 4.57. The minimum Gasteiger partial charge on any atom is -1.00 e. The minimum atomic E-state index is -1.46. The van der Waals surface area contributed by atoms with Crippen molar-refractivity contribution in [1.29, 1.82) is 0 Å². The Balaban J connectivity index is 0. The lowest BCUT2D eigenvalue weighted by Gasteiger charge is -2.37. The van der Waals surface area contributed by atoms with Gasteiger partial charge >= 0.3 is 5.97 Å².